The Morgan fingerprint density at radius 2 is 2.50 bits per heavy atom. The van der Waals surface area contributed by atoms with Gasteiger partial charge in [-0.3, -0.25) is 4.21 Å². The molecule has 0 aromatic carbocycles. The third-order valence-corrected chi connectivity index (χ3v) is 3.88. The smallest absolute Gasteiger partial charge is 0.0644 e. The van der Waals surface area contributed by atoms with Crippen LogP contribution in [0.1, 0.15) is 6.42 Å². The van der Waals surface area contributed by atoms with Crippen LogP contribution in [0.15, 0.2) is 10.8 Å². The van der Waals surface area contributed by atoms with Gasteiger partial charge < -0.3 is 0 Å². The molecule has 1 fully saturated rings. The molecule has 8 heavy (non-hydrogen) atoms. The average molecular weight is 148 g/mol. The lowest BCUT2D eigenvalue weighted by molar-refractivity contribution is 0.686. The lowest BCUT2D eigenvalue weighted by Crippen LogP contribution is -2.04. The lowest BCUT2D eigenvalue weighted by atomic mass is 10.6. The molecular weight excluding hydrogens is 140 g/mol. The van der Waals surface area contributed by atoms with E-state index in [2.05, 4.69) is 6.58 Å². The van der Waals surface area contributed by atoms with E-state index < -0.39 is 10.8 Å². The minimum Gasteiger partial charge on any atom is -0.254 e. The first-order valence-electron chi connectivity index (χ1n) is 2.51. The summed E-state index contributed by atoms with van der Waals surface area (Å²) in [6.07, 6.45) is 1.08. The van der Waals surface area contributed by atoms with Crippen LogP contribution in [0.5, 0.6) is 0 Å². The molecule has 46 valence electrons. The quantitative estimate of drug-likeness (QED) is 0.515. The SMILES string of the molecule is C=C1SCCCS1=O. The Kier molecular flexibility index (Phi) is 2.14. The van der Waals surface area contributed by atoms with Crippen LogP contribution in [-0.2, 0) is 10.8 Å². The number of rotatable bonds is 0. The van der Waals surface area contributed by atoms with Gasteiger partial charge in [-0.1, -0.05) is 6.58 Å². The molecule has 1 atom stereocenters. The summed E-state index contributed by atoms with van der Waals surface area (Å²) in [5, 5.41) is 0. The molecule has 3 heteroatoms. The molecule has 0 saturated carbocycles. The van der Waals surface area contributed by atoms with Crippen LogP contribution >= 0.6 is 11.8 Å². The summed E-state index contributed by atoms with van der Waals surface area (Å²) in [7, 11) is -0.716. The van der Waals surface area contributed by atoms with Crippen molar-refractivity contribution in [2.45, 2.75) is 6.42 Å². The Hall–Kier alpha value is 0.240. The Morgan fingerprint density at radius 1 is 1.75 bits per heavy atom. The summed E-state index contributed by atoms with van der Waals surface area (Å²) in [5.74, 6) is 1.93. The molecule has 1 saturated heterocycles. The maximum Gasteiger partial charge on any atom is 0.0644 e. The van der Waals surface area contributed by atoms with Crippen molar-refractivity contribution >= 4 is 22.6 Å². The van der Waals surface area contributed by atoms with E-state index in [0.29, 0.717) is 0 Å². The Balaban J connectivity index is 2.52. The minimum atomic E-state index is -0.716. The van der Waals surface area contributed by atoms with Crippen molar-refractivity contribution in [3.63, 3.8) is 0 Å². The van der Waals surface area contributed by atoms with Crippen LogP contribution in [0.25, 0.3) is 0 Å². The fourth-order valence-electron chi connectivity index (χ4n) is 0.556. The fraction of sp³-hybridized carbons (Fsp3) is 0.600. The normalized spacial score (nSPS) is 30.5. The fourth-order valence-corrected chi connectivity index (χ4v) is 2.91. The second-order valence-electron chi connectivity index (χ2n) is 1.62. The van der Waals surface area contributed by atoms with Crippen molar-refractivity contribution in [2.24, 2.45) is 0 Å². The van der Waals surface area contributed by atoms with Gasteiger partial charge in [-0.2, -0.15) is 0 Å². The first-order valence-corrected chi connectivity index (χ1v) is 4.81. The number of hydrogen-bond donors (Lipinski definition) is 0. The van der Waals surface area contributed by atoms with E-state index in [0.717, 1.165) is 22.2 Å². The maximum absolute atomic E-state index is 10.8. The highest BCUT2D eigenvalue weighted by molar-refractivity contribution is 8.17. The van der Waals surface area contributed by atoms with Gasteiger partial charge in [0.05, 0.1) is 15.0 Å². The number of hydrogen-bond acceptors (Lipinski definition) is 2. The topological polar surface area (TPSA) is 17.1 Å². The molecule has 1 unspecified atom stereocenters. The highest BCUT2D eigenvalue weighted by Crippen LogP contribution is 2.23. The van der Waals surface area contributed by atoms with E-state index in [1.54, 1.807) is 11.8 Å². The summed E-state index contributed by atoms with van der Waals surface area (Å²) >= 11 is 1.63. The third-order valence-electron chi connectivity index (χ3n) is 0.991. The van der Waals surface area contributed by atoms with Crippen molar-refractivity contribution in [3.8, 4) is 0 Å². The van der Waals surface area contributed by atoms with Crippen LogP contribution in [0.4, 0.5) is 0 Å². The second kappa shape index (κ2) is 2.69. The van der Waals surface area contributed by atoms with Gasteiger partial charge in [0.2, 0.25) is 0 Å². The second-order valence-corrected chi connectivity index (χ2v) is 4.66. The molecule has 0 bridgehead atoms. The Labute approximate surface area is 56.0 Å². The van der Waals surface area contributed by atoms with Crippen LogP contribution < -0.4 is 0 Å². The van der Waals surface area contributed by atoms with Gasteiger partial charge in [0.25, 0.3) is 0 Å². The van der Waals surface area contributed by atoms with Crippen molar-refractivity contribution < 1.29 is 4.21 Å². The third kappa shape index (κ3) is 1.36. The van der Waals surface area contributed by atoms with E-state index in [4.69, 9.17) is 0 Å². The summed E-state index contributed by atoms with van der Waals surface area (Å²) in [6.45, 7) is 3.66. The predicted molar refractivity (Wildman–Crippen MR) is 39.2 cm³/mol. The van der Waals surface area contributed by atoms with Crippen molar-refractivity contribution in [1.82, 2.24) is 0 Å². The van der Waals surface area contributed by atoms with Crippen molar-refractivity contribution in [1.29, 1.82) is 0 Å². The van der Waals surface area contributed by atoms with Gasteiger partial charge in [0.15, 0.2) is 0 Å². The van der Waals surface area contributed by atoms with Crippen molar-refractivity contribution in [3.05, 3.63) is 10.8 Å². The van der Waals surface area contributed by atoms with Gasteiger partial charge in [-0.05, 0) is 12.2 Å². The zero-order valence-electron chi connectivity index (χ0n) is 4.55. The van der Waals surface area contributed by atoms with Gasteiger partial charge in [0, 0.05) is 5.75 Å². The summed E-state index contributed by atoms with van der Waals surface area (Å²) < 4.78 is 11.6. The molecule has 1 rings (SSSR count). The Bertz CT molecular complexity index is 114. The Morgan fingerprint density at radius 3 is 2.88 bits per heavy atom. The molecule has 0 amide bonds. The monoisotopic (exact) mass is 148 g/mol. The molecular formula is C5H8OS2. The van der Waals surface area contributed by atoms with E-state index in [1.807, 2.05) is 0 Å². The number of thioether (sulfide) groups is 1. The van der Waals surface area contributed by atoms with Crippen LogP contribution in [0.2, 0.25) is 0 Å². The van der Waals surface area contributed by atoms with Crippen molar-refractivity contribution in [2.75, 3.05) is 11.5 Å². The van der Waals surface area contributed by atoms with E-state index in [-0.39, 0.29) is 0 Å². The first-order chi connectivity index (χ1) is 3.80. The first kappa shape index (κ1) is 6.36. The molecule has 1 nitrogen and oxygen atoms in total. The van der Waals surface area contributed by atoms with Gasteiger partial charge >= 0.3 is 0 Å². The molecule has 0 aromatic rings. The van der Waals surface area contributed by atoms with Gasteiger partial charge in [0.1, 0.15) is 0 Å². The van der Waals surface area contributed by atoms with Gasteiger partial charge in [-0.15, -0.1) is 11.8 Å². The molecule has 0 radical (unpaired) electrons. The lowest BCUT2D eigenvalue weighted by Gasteiger charge is -2.09. The summed E-state index contributed by atoms with van der Waals surface area (Å²) in [5.41, 5.74) is 0. The largest absolute Gasteiger partial charge is 0.254 e. The summed E-state index contributed by atoms with van der Waals surface area (Å²) in [4.78, 5) is 0. The van der Waals surface area contributed by atoms with Crippen LogP contribution in [-0.4, -0.2) is 15.7 Å². The standard InChI is InChI=1S/C5H8OS2/c1-5-7-3-2-4-8(5)6/h1-4H2. The molecule has 0 spiro atoms. The molecule has 0 N–H and O–H groups in total. The summed E-state index contributed by atoms with van der Waals surface area (Å²) in [6, 6.07) is 0. The average Bonchev–Trinajstić information content (AvgIpc) is 1.77. The molecule has 0 aromatic heterocycles. The van der Waals surface area contributed by atoms with Crippen LogP contribution in [0.3, 0.4) is 0 Å². The predicted octanol–water partition coefficient (Wildman–Crippen LogP) is 1.34. The van der Waals surface area contributed by atoms with E-state index in [1.165, 1.54) is 0 Å². The highest BCUT2D eigenvalue weighted by atomic mass is 32.2. The maximum atomic E-state index is 10.8. The van der Waals surface area contributed by atoms with E-state index >= 15 is 0 Å². The highest BCUT2D eigenvalue weighted by Gasteiger charge is 2.10. The van der Waals surface area contributed by atoms with Crippen LogP contribution in [0, 0.1) is 0 Å². The molecule has 0 aliphatic carbocycles. The molecule has 1 heterocycles. The molecule has 1 aliphatic rings. The van der Waals surface area contributed by atoms with Gasteiger partial charge in [-0.25, -0.2) is 0 Å². The zero-order valence-corrected chi connectivity index (χ0v) is 6.19. The zero-order chi connectivity index (χ0) is 5.98. The minimum absolute atomic E-state index is 0.716. The molecule has 1 aliphatic heterocycles. The van der Waals surface area contributed by atoms with E-state index in [9.17, 15) is 4.21 Å².